The average molecular weight is 423 g/mol. The lowest BCUT2D eigenvalue weighted by atomic mass is 10.0. The van der Waals surface area contributed by atoms with E-state index in [1.165, 1.54) is 10.5 Å². The van der Waals surface area contributed by atoms with Crippen LogP contribution in [0.1, 0.15) is 42.6 Å². The van der Waals surface area contributed by atoms with Gasteiger partial charge in [-0.05, 0) is 60.1 Å². The van der Waals surface area contributed by atoms with E-state index < -0.39 is 0 Å². The predicted octanol–water partition coefficient (Wildman–Crippen LogP) is 4.83. The van der Waals surface area contributed by atoms with Crippen molar-refractivity contribution in [1.82, 2.24) is 10.2 Å². The Morgan fingerprint density at radius 2 is 1.93 bits per heavy atom. The summed E-state index contributed by atoms with van der Waals surface area (Å²) in [7, 11) is 0. The van der Waals surface area contributed by atoms with Crippen molar-refractivity contribution in [3.63, 3.8) is 0 Å². The van der Waals surface area contributed by atoms with Crippen LogP contribution in [0.5, 0.6) is 5.75 Å². The van der Waals surface area contributed by atoms with Gasteiger partial charge in [-0.15, -0.1) is 0 Å². The summed E-state index contributed by atoms with van der Waals surface area (Å²) < 4.78 is 16.9. The Morgan fingerprint density at radius 1 is 1.13 bits per heavy atom. The van der Waals surface area contributed by atoms with E-state index in [0.717, 1.165) is 5.75 Å². The van der Waals surface area contributed by atoms with Gasteiger partial charge in [-0.2, -0.15) is 0 Å². The highest BCUT2D eigenvalue weighted by atomic mass is 32.1. The van der Waals surface area contributed by atoms with Gasteiger partial charge in [-0.1, -0.05) is 26.0 Å². The molecule has 0 saturated carbocycles. The molecule has 1 amide bonds. The molecule has 1 aliphatic rings. The summed E-state index contributed by atoms with van der Waals surface area (Å²) in [5, 5.41) is 3.27. The molecule has 6 nitrogen and oxygen atoms in total. The molecule has 1 saturated heterocycles. The molecule has 0 bridgehead atoms. The lowest BCUT2D eigenvalue weighted by molar-refractivity contribution is -0.122. The number of nitrogens with one attached hydrogen (secondary N) is 1. The van der Waals surface area contributed by atoms with E-state index in [4.69, 9.17) is 25.8 Å². The summed E-state index contributed by atoms with van der Waals surface area (Å²) in [5.41, 5.74) is 1.62. The molecule has 0 spiro atoms. The molecule has 0 unspecified atom stereocenters. The SMILES string of the molecule is CC(C)c1ccc(OCc2ccc(/C=C3/NC(=S)N(Cc4ccco4)C3=O)o2)cc1. The minimum absolute atomic E-state index is 0.226. The third kappa shape index (κ3) is 4.46. The van der Waals surface area contributed by atoms with Crippen LogP contribution >= 0.6 is 12.2 Å². The molecule has 7 heteroatoms. The van der Waals surface area contributed by atoms with Gasteiger partial charge >= 0.3 is 0 Å². The van der Waals surface area contributed by atoms with Crippen LogP contribution < -0.4 is 10.1 Å². The first-order chi connectivity index (χ1) is 14.5. The van der Waals surface area contributed by atoms with Crippen LogP contribution in [0.2, 0.25) is 0 Å². The van der Waals surface area contributed by atoms with Crippen molar-refractivity contribution in [1.29, 1.82) is 0 Å². The molecule has 1 N–H and O–H groups in total. The standard InChI is InChI=1S/C23H22N2O4S/c1-15(2)16-5-7-17(8-6-16)28-14-20-10-9-18(29-20)12-21-22(26)25(23(30)24-21)13-19-4-3-11-27-19/h3-12,15H,13-14H2,1-2H3,(H,24,30)/b21-12+. The highest BCUT2D eigenvalue weighted by molar-refractivity contribution is 7.80. The first-order valence-electron chi connectivity index (χ1n) is 9.68. The van der Waals surface area contributed by atoms with Crippen LogP contribution in [0, 0.1) is 0 Å². The van der Waals surface area contributed by atoms with Gasteiger partial charge in [-0.25, -0.2) is 0 Å². The van der Waals surface area contributed by atoms with Gasteiger partial charge in [0.1, 0.15) is 35.3 Å². The van der Waals surface area contributed by atoms with Gasteiger partial charge in [0.25, 0.3) is 5.91 Å². The maximum atomic E-state index is 12.6. The largest absolute Gasteiger partial charge is 0.486 e. The molecule has 154 valence electrons. The zero-order chi connectivity index (χ0) is 21.1. The maximum Gasteiger partial charge on any atom is 0.277 e. The summed E-state index contributed by atoms with van der Waals surface area (Å²) in [6.45, 7) is 4.89. The van der Waals surface area contributed by atoms with Crippen LogP contribution in [0.15, 0.2) is 69.3 Å². The van der Waals surface area contributed by atoms with Crippen molar-refractivity contribution in [2.75, 3.05) is 0 Å². The van der Waals surface area contributed by atoms with Gasteiger partial charge in [0, 0.05) is 6.08 Å². The average Bonchev–Trinajstić information content (AvgIpc) is 3.46. The van der Waals surface area contributed by atoms with Crippen molar-refractivity contribution in [2.24, 2.45) is 0 Å². The summed E-state index contributed by atoms with van der Waals surface area (Å²) in [5.74, 6) is 2.90. The third-order valence-electron chi connectivity index (χ3n) is 4.75. The number of ether oxygens (including phenoxy) is 1. The highest BCUT2D eigenvalue weighted by Crippen LogP contribution is 2.21. The maximum absolute atomic E-state index is 12.6. The molecule has 3 heterocycles. The monoisotopic (exact) mass is 422 g/mol. The van der Waals surface area contributed by atoms with Crippen molar-refractivity contribution in [3.8, 4) is 5.75 Å². The normalized spacial score (nSPS) is 15.3. The van der Waals surface area contributed by atoms with Crippen LogP contribution in [0.25, 0.3) is 6.08 Å². The number of hydrogen-bond donors (Lipinski definition) is 1. The van der Waals surface area contributed by atoms with E-state index in [0.29, 0.717) is 40.6 Å². The molecule has 3 aromatic rings. The summed E-state index contributed by atoms with van der Waals surface area (Å²) in [4.78, 5) is 14.1. The first kappa shape index (κ1) is 20.0. The van der Waals surface area contributed by atoms with Crippen LogP contribution in [0.4, 0.5) is 0 Å². The van der Waals surface area contributed by atoms with E-state index in [9.17, 15) is 4.79 Å². The van der Waals surface area contributed by atoms with Crippen LogP contribution in [0.3, 0.4) is 0 Å². The molecule has 0 aliphatic carbocycles. The minimum atomic E-state index is -0.226. The van der Waals surface area contributed by atoms with Gasteiger partial charge in [-0.3, -0.25) is 9.69 Å². The fourth-order valence-electron chi connectivity index (χ4n) is 3.07. The zero-order valence-electron chi connectivity index (χ0n) is 16.8. The van der Waals surface area contributed by atoms with Gasteiger partial charge in [0.15, 0.2) is 5.11 Å². The topological polar surface area (TPSA) is 67.8 Å². The molecular weight excluding hydrogens is 400 g/mol. The molecule has 30 heavy (non-hydrogen) atoms. The second-order valence-electron chi connectivity index (χ2n) is 7.28. The number of carbonyl (C=O) groups excluding carboxylic acids is 1. The lowest BCUT2D eigenvalue weighted by Crippen LogP contribution is -2.29. The Hall–Kier alpha value is -3.32. The van der Waals surface area contributed by atoms with E-state index in [2.05, 4.69) is 31.3 Å². The van der Waals surface area contributed by atoms with Crippen molar-refractivity contribution >= 4 is 29.3 Å². The molecule has 1 aromatic carbocycles. The zero-order valence-corrected chi connectivity index (χ0v) is 17.6. The predicted molar refractivity (Wildman–Crippen MR) is 117 cm³/mol. The van der Waals surface area contributed by atoms with Gasteiger partial charge in [0.05, 0.1) is 12.8 Å². The fraction of sp³-hybridized carbons (Fsp3) is 0.217. The smallest absolute Gasteiger partial charge is 0.277 e. The molecule has 1 aliphatic heterocycles. The second-order valence-corrected chi connectivity index (χ2v) is 7.66. The van der Waals surface area contributed by atoms with E-state index in [1.807, 2.05) is 18.2 Å². The Kier molecular flexibility index (Phi) is 5.72. The van der Waals surface area contributed by atoms with E-state index in [1.54, 1.807) is 30.5 Å². The Morgan fingerprint density at radius 3 is 2.63 bits per heavy atom. The van der Waals surface area contributed by atoms with Crippen molar-refractivity contribution in [2.45, 2.75) is 32.9 Å². The lowest BCUT2D eigenvalue weighted by Gasteiger charge is -2.11. The number of benzene rings is 1. The molecule has 2 aromatic heterocycles. The molecule has 1 fully saturated rings. The Balaban J connectivity index is 1.38. The third-order valence-corrected chi connectivity index (χ3v) is 5.08. The number of nitrogens with zero attached hydrogens (tertiary/aromatic N) is 1. The Labute approximate surface area is 180 Å². The molecule has 4 rings (SSSR count). The quantitative estimate of drug-likeness (QED) is 0.434. The highest BCUT2D eigenvalue weighted by Gasteiger charge is 2.31. The van der Waals surface area contributed by atoms with E-state index >= 15 is 0 Å². The molecule has 0 radical (unpaired) electrons. The van der Waals surface area contributed by atoms with Crippen LogP contribution in [-0.4, -0.2) is 15.9 Å². The second kappa shape index (κ2) is 8.59. The number of rotatable bonds is 7. The first-order valence-corrected chi connectivity index (χ1v) is 10.1. The van der Waals surface area contributed by atoms with Gasteiger partial charge in [0.2, 0.25) is 0 Å². The van der Waals surface area contributed by atoms with Gasteiger partial charge < -0.3 is 18.9 Å². The number of furan rings is 2. The summed E-state index contributed by atoms with van der Waals surface area (Å²) in [6, 6.07) is 15.2. The summed E-state index contributed by atoms with van der Waals surface area (Å²) >= 11 is 5.27. The Bertz CT molecular complexity index is 1070. The molecule has 0 atom stereocenters. The van der Waals surface area contributed by atoms with Crippen molar-refractivity contribution < 1.29 is 18.4 Å². The van der Waals surface area contributed by atoms with Crippen molar-refractivity contribution in [3.05, 3.63) is 83.3 Å². The van der Waals surface area contributed by atoms with Crippen LogP contribution in [-0.2, 0) is 17.9 Å². The number of thiocarbonyl (C=S) groups is 1. The fourth-order valence-corrected chi connectivity index (χ4v) is 3.33. The number of hydrogen-bond acceptors (Lipinski definition) is 5. The van der Waals surface area contributed by atoms with E-state index in [-0.39, 0.29) is 12.5 Å². The number of carbonyl (C=O) groups is 1. The summed E-state index contributed by atoms with van der Waals surface area (Å²) in [6.07, 6.45) is 3.20. The molecular formula is C23H22N2O4S. The number of amides is 1. The minimum Gasteiger partial charge on any atom is -0.486 e.